The molecule has 0 saturated heterocycles. The quantitative estimate of drug-likeness (QED) is 0.722. The standard InChI is InChI=1S/C17H10F6O4/c18-16(19,20)13(17(21,22)23)10-4-2-1-3-9(10)8-5-6-11(14(24)25)12(7-8)15(26)27/h1-7,13H,(H,24,25)(H,26,27). The topological polar surface area (TPSA) is 74.6 Å². The number of carbonyl (C=O) groups is 2. The molecular formula is C17H10F6O4. The summed E-state index contributed by atoms with van der Waals surface area (Å²) in [6.45, 7) is 0. The Morgan fingerprint density at radius 1 is 0.778 bits per heavy atom. The van der Waals surface area contributed by atoms with Crippen molar-refractivity contribution >= 4 is 11.9 Å². The molecule has 10 heteroatoms. The van der Waals surface area contributed by atoms with Gasteiger partial charge in [0, 0.05) is 0 Å². The number of alkyl halides is 6. The number of carboxylic acid groups (broad SMARTS) is 2. The molecule has 2 N–H and O–H groups in total. The van der Waals surface area contributed by atoms with Gasteiger partial charge >= 0.3 is 24.3 Å². The van der Waals surface area contributed by atoms with Crippen LogP contribution in [0.15, 0.2) is 42.5 Å². The summed E-state index contributed by atoms with van der Waals surface area (Å²) in [6, 6.07) is 6.30. The van der Waals surface area contributed by atoms with Crippen molar-refractivity contribution in [1.82, 2.24) is 0 Å². The van der Waals surface area contributed by atoms with Crippen LogP contribution < -0.4 is 0 Å². The number of benzene rings is 2. The zero-order valence-electron chi connectivity index (χ0n) is 13.1. The van der Waals surface area contributed by atoms with Gasteiger partial charge in [-0.2, -0.15) is 26.3 Å². The third-order valence-corrected chi connectivity index (χ3v) is 3.72. The van der Waals surface area contributed by atoms with Gasteiger partial charge in [-0.15, -0.1) is 0 Å². The van der Waals surface area contributed by atoms with Gasteiger partial charge in [-0.05, 0) is 28.8 Å². The summed E-state index contributed by atoms with van der Waals surface area (Å²) >= 11 is 0. The highest BCUT2D eigenvalue weighted by molar-refractivity contribution is 6.02. The molecule has 0 spiro atoms. The molecule has 2 aromatic rings. The molecule has 0 aliphatic heterocycles. The van der Waals surface area contributed by atoms with Crippen LogP contribution in [0.25, 0.3) is 11.1 Å². The fourth-order valence-corrected chi connectivity index (χ4v) is 2.63. The van der Waals surface area contributed by atoms with Gasteiger partial charge in [0.15, 0.2) is 5.92 Å². The second kappa shape index (κ2) is 6.93. The van der Waals surface area contributed by atoms with Gasteiger partial charge in [-0.1, -0.05) is 30.3 Å². The lowest BCUT2D eigenvalue weighted by Crippen LogP contribution is -2.34. The summed E-state index contributed by atoms with van der Waals surface area (Å²) in [5.74, 6) is -7.07. The summed E-state index contributed by atoms with van der Waals surface area (Å²) in [6.07, 6.45) is -11.3. The molecule has 0 amide bonds. The van der Waals surface area contributed by atoms with Crippen molar-refractivity contribution in [2.75, 3.05) is 0 Å². The van der Waals surface area contributed by atoms with E-state index < -0.39 is 52.5 Å². The number of carboxylic acids is 2. The number of hydrogen-bond donors (Lipinski definition) is 2. The largest absolute Gasteiger partial charge is 0.478 e. The molecule has 0 fully saturated rings. The minimum Gasteiger partial charge on any atom is -0.478 e. The summed E-state index contributed by atoms with van der Waals surface area (Å²) < 4.78 is 78.5. The number of hydrogen-bond acceptors (Lipinski definition) is 2. The van der Waals surface area contributed by atoms with E-state index in [0.717, 1.165) is 30.3 Å². The van der Waals surface area contributed by atoms with E-state index in [2.05, 4.69) is 0 Å². The zero-order valence-corrected chi connectivity index (χ0v) is 13.1. The van der Waals surface area contributed by atoms with Crippen molar-refractivity contribution in [3.8, 4) is 11.1 Å². The van der Waals surface area contributed by atoms with Crippen molar-refractivity contribution in [3.63, 3.8) is 0 Å². The van der Waals surface area contributed by atoms with Crippen LogP contribution in [0.4, 0.5) is 26.3 Å². The smallest absolute Gasteiger partial charge is 0.404 e. The van der Waals surface area contributed by atoms with E-state index in [9.17, 15) is 35.9 Å². The molecule has 2 rings (SSSR count). The van der Waals surface area contributed by atoms with Crippen LogP contribution in [0.3, 0.4) is 0 Å². The Labute approximate surface area is 147 Å². The lowest BCUT2D eigenvalue weighted by Gasteiger charge is -2.25. The van der Waals surface area contributed by atoms with E-state index >= 15 is 0 Å². The fraction of sp³-hybridized carbons (Fsp3) is 0.176. The first-order chi connectivity index (χ1) is 12.3. The lowest BCUT2D eigenvalue weighted by molar-refractivity contribution is -0.253. The Morgan fingerprint density at radius 2 is 1.30 bits per heavy atom. The maximum atomic E-state index is 13.1. The van der Waals surface area contributed by atoms with Crippen LogP contribution >= 0.6 is 0 Å². The molecule has 0 radical (unpaired) electrons. The predicted molar refractivity (Wildman–Crippen MR) is 80.6 cm³/mol. The Balaban J connectivity index is 2.74. The van der Waals surface area contributed by atoms with Crippen molar-refractivity contribution < 1.29 is 46.1 Å². The number of rotatable bonds is 4. The van der Waals surface area contributed by atoms with Gasteiger partial charge in [-0.3, -0.25) is 0 Å². The third-order valence-electron chi connectivity index (χ3n) is 3.72. The molecule has 0 atom stereocenters. The zero-order chi connectivity index (χ0) is 20.6. The summed E-state index contributed by atoms with van der Waals surface area (Å²) in [7, 11) is 0. The first-order valence-electron chi connectivity index (χ1n) is 7.17. The van der Waals surface area contributed by atoms with Crippen molar-refractivity contribution in [3.05, 3.63) is 59.2 Å². The van der Waals surface area contributed by atoms with Crippen molar-refractivity contribution in [1.29, 1.82) is 0 Å². The molecular weight excluding hydrogens is 382 g/mol. The second-order valence-corrected chi connectivity index (χ2v) is 5.47. The predicted octanol–water partition coefficient (Wildman–Crippen LogP) is 4.96. The molecule has 2 aromatic carbocycles. The molecule has 0 aromatic heterocycles. The molecule has 0 unspecified atom stereocenters. The normalized spacial score (nSPS) is 12.3. The average Bonchev–Trinajstić information content (AvgIpc) is 2.52. The molecule has 144 valence electrons. The maximum absolute atomic E-state index is 13.1. The molecule has 0 aliphatic rings. The van der Waals surface area contributed by atoms with Gasteiger partial charge < -0.3 is 10.2 Å². The average molecular weight is 392 g/mol. The molecule has 0 saturated carbocycles. The molecule has 0 bridgehead atoms. The fourth-order valence-electron chi connectivity index (χ4n) is 2.63. The summed E-state index contributed by atoms with van der Waals surface area (Å²) in [5, 5.41) is 18.1. The SMILES string of the molecule is O=C(O)c1ccc(-c2ccccc2C(C(F)(F)F)C(F)(F)F)cc1C(=O)O. The maximum Gasteiger partial charge on any atom is 0.404 e. The van der Waals surface area contributed by atoms with Gasteiger partial charge in [0.2, 0.25) is 0 Å². The van der Waals surface area contributed by atoms with Crippen LogP contribution in [0.2, 0.25) is 0 Å². The molecule has 0 aliphatic carbocycles. The number of halogens is 6. The van der Waals surface area contributed by atoms with Gasteiger partial charge in [-0.25, -0.2) is 9.59 Å². The van der Waals surface area contributed by atoms with Crippen molar-refractivity contribution in [2.24, 2.45) is 0 Å². The van der Waals surface area contributed by atoms with Gasteiger partial charge in [0.05, 0.1) is 11.1 Å². The van der Waals surface area contributed by atoms with Gasteiger partial charge in [0.25, 0.3) is 0 Å². The van der Waals surface area contributed by atoms with Crippen LogP contribution in [0, 0.1) is 0 Å². The lowest BCUT2D eigenvalue weighted by atomic mass is 9.88. The Bertz CT molecular complexity index is 872. The highest BCUT2D eigenvalue weighted by Crippen LogP contribution is 2.48. The van der Waals surface area contributed by atoms with E-state index in [1.54, 1.807) is 0 Å². The van der Waals surface area contributed by atoms with E-state index in [1.165, 1.54) is 6.07 Å². The second-order valence-electron chi connectivity index (χ2n) is 5.47. The summed E-state index contributed by atoms with van der Waals surface area (Å²) in [5.41, 5.74) is -3.31. The van der Waals surface area contributed by atoms with Crippen LogP contribution in [0.1, 0.15) is 32.2 Å². The van der Waals surface area contributed by atoms with Crippen LogP contribution in [-0.2, 0) is 0 Å². The van der Waals surface area contributed by atoms with Crippen LogP contribution in [-0.4, -0.2) is 34.5 Å². The molecule has 27 heavy (non-hydrogen) atoms. The highest BCUT2D eigenvalue weighted by atomic mass is 19.4. The minimum atomic E-state index is -5.63. The monoisotopic (exact) mass is 392 g/mol. The summed E-state index contributed by atoms with van der Waals surface area (Å²) in [4.78, 5) is 22.3. The molecule has 0 heterocycles. The Morgan fingerprint density at radius 3 is 1.78 bits per heavy atom. The first kappa shape index (κ1) is 20.3. The highest BCUT2D eigenvalue weighted by Gasteiger charge is 2.58. The van der Waals surface area contributed by atoms with E-state index in [1.807, 2.05) is 0 Å². The van der Waals surface area contributed by atoms with Crippen molar-refractivity contribution in [2.45, 2.75) is 18.3 Å². The Hall–Kier alpha value is -3.04. The molecule has 4 nitrogen and oxygen atoms in total. The van der Waals surface area contributed by atoms with E-state index in [-0.39, 0.29) is 5.56 Å². The minimum absolute atomic E-state index is 0.286. The first-order valence-corrected chi connectivity index (χ1v) is 7.17. The number of aromatic carboxylic acids is 2. The van der Waals surface area contributed by atoms with Crippen LogP contribution in [0.5, 0.6) is 0 Å². The van der Waals surface area contributed by atoms with E-state index in [0.29, 0.717) is 6.07 Å². The third kappa shape index (κ3) is 4.21. The Kier molecular flexibility index (Phi) is 5.21. The van der Waals surface area contributed by atoms with E-state index in [4.69, 9.17) is 10.2 Å². The van der Waals surface area contributed by atoms with Gasteiger partial charge in [0.1, 0.15) is 0 Å².